The van der Waals surface area contributed by atoms with Gasteiger partial charge in [0.05, 0.1) is 0 Å². The first-order valence-corrected chi connectivity index (χ1v) is 15.5. The van der Waals surface area contributed by atoms with Crippen molar-refractivity contribution in [2.75, 3.05) is 0 Å². The average molecular weight is 792 g/mol. The Balaban J connectivity index is 0.000000441. The third-order valence-corrected chi connectivity index (χ3v) is 9.43. The number of hydrogen-bond donors (Lipinski definition) is 0. The first-order valence-electron chi connectivity index (χ1n) is 11.9. The summed E-state index contributed by atoms with van der Waals surface area (Å²) in [7, 11) is -7.86. The summed E-state index contributed by atoms with van der Waals surface area (Å²) < 4.78 is 192. The minimum absolute atomic E-state index is 0.0703. The van der Waals surface area contributed by atoms with E-state index in [-0.39, 0.29) is 32.0 Å². The lowest BCUT2D eigenvalue weighted by Gasteiger charge is -2.39. The summed E-state index contributed by atoms with van der Waals surface area (Å²) in [5.74, 6) is -32.6. The van der Waals surface area contributed by atoms with E-state index in [1.54, 1.807) is 0 Å². The molecule has 18 heteroatoms. The quantitative estimate of drug-likeness (QED) is 0.208. The highest BCUT2D eigenvalue weighted by molar-refractivity contribution is 7.86. The largest absolute Gasteiger partial charge is 0.743 e. The number of halogens is 14. The minimum atomic E-state index is -8.29. The lowest BCUT2D eigenvalue weighted by Crippen LogP contribution is -3.61. The fourth-order valence-electron chi connectivity index (χ4n) is 3.06. The number of rotatable bonds is 7. The van der Waals surface area contributed by atoms with Gasteiger partial charge in [-0.1, -0.05) is 65.8 Å². The maximum Gasteiger partial charge on any atom is 0.460 e. The zero-order valence-corrected chi connectivity index (χ0v) is 26.5. The van der Waals surface area contributed by atoms with Crippen molar-refractivity contribution in [1.29, 1.82) is 0 Å². The Kier molecular flexibility index (Phi) is 11.3. The van der Waals surface area contributed by atoms with Gasteiger partial charge in [0.15, 0.2) is 17.3 Å². The summed E-state index contributed by atoms with van der Waals surface area (Å²) in [5.41, 5.74) is 3.31. The molecule has 0 saturated carbocycles. The molecule has 44 heavy (non-hydrogen) atoms. The first kappa shape index (κ1) is 40.2. The Hall–Kier alpha value is -1.83. The monoisotopic (exact) mass is 792 g/mol. The molecule has 2 aromatic carbocycles. The van der Waals surface area contributed by atoms with E-state index in [4.69, 9.17) is 0 Å². The zero-order valence-electron chi connectivity index (χ0n) is 23.5. The van der Waals surface area contributed by atoms with Crippen molar-refractivity contribution in [3.05, 3.63) is 66.8 Å². The Morgan fingerprint density at radius 3 is 1.00 bits per heavy atom. The number of benzene rings is 2. The molecule has 0 atom stereocenters. The van der Waals surface area contributed by atoms with E-state index in [0.717, 1.165) is 0 Å². The van der Waals surface area contributed by atoms with Crippen LogP contribution in [0, 0.1) is 7.14 Å². The second-order valence-corrected chi connectivity index (χ2v) is 15.8. The number of hydrogen-bond acceptors (Lipinski definition) is 3. The van der Waals surface area contributed by atoms with Gasteiger partial charge in [-0.15, -0.1) is 0 Å². The van der Waals surface area contributed by atoms with Gasteiger partial charge in [0, 0.05) is 0 Å². The lowest BCUT2D eigenvalue weighted by atomic mass is 9.87. The molecule has 0 unspecified atom stereocenters. The van der Waals surface area contributed by atoms with Crippen LogP contribution in [0.15, 0.2) is 48.5 Å². The van der Waals surface area contributed by atoms with Gasteiger partial charge in [0.2, 0.25) is 0 Å². The molecule has 0 aromatic heterocycles. The van der Waals surface area contributed by atoms with Gasteiger partial charge >= 0.3 is 56.3 Å². The Morgan fingerprint density at radius 1 is 0.500 bits per heavy atom. The maximum absolute atomic E-state index is 12.7. The van der Waals surface area contributed by atoms with Crippen molar-refractivity contribution < 1.29 is 91.3 Å². The van der Waals surface area contributed by atoms with Gasteiger partial charge < -0.3 is 4.55 Å². The zero-order chi connectivity index (χ0) is 35.2. The van der Waals surface area contributed by atoms with Crippen LogP contribution in [0.5, 0.6) is 0 Å². The highest BCUT2D eigenvalue weighted by atomic mass is 127. The van der Waals surface area contributed by atoms with E-state index in [0.29, 0.717) is 0 Å². The normalized spacial score (nSPS) is 14.6. The van der Waals surface area contributed by atoms with Crippen LogP contribution < -0.4 is 21.2 Å². The summed E-state index contributed by atoms with van der Waals surface area (Å²) in [5, 5.41) is -7.63. The molecule has 0 amide bonds. The molecule has 0 spiro atoms. The molecule has 0 saturated heterocycles. The summed E-state index contributed by atoms with van der Waals surface area (Å²) in [4.78, 5) is 0. The standard InChI is InChI=1S/C20H26I.C6HF13O3S/c1-19(2,3)15-7-11-17(12-8-15)21-18-13-9-16(10-14-18)20(4,5)6;7-1(8,3(11,12)5(15,16)17)2(9,10)4(13,14)6(18,19)23(20,21)22/h7-14H,1-6H3;(H,20,21,22)/q+1;/p-1. The van der Waals surface area contributed by atoms with Gasteiger partial charge in [-0.25, -0.2) is 8.42 Å². The highest BCUT2D eigenvalue weighted by Gasteiger charge is 2.91. The Bertz CT molecular complexity index is 1320. The summed E-state index contributed by atoms with van der Waals surface area (Å²) in [6.07, 6.45) is -7.61. The molecule has 0 radical (unpaired) electrons. The van der Waals surface area contributed by atoms with Crippen LogP contribution in [0.25, 0.3) is 0 Å². The SMILES string of the molecule is CC(C)(C)c1ccc([I+]c2ccc(C(C)(C)C)cc2)cc1.O=S(=O)([O-])C(F)(F)C(F)(F)C(F)(F)C(F)(F)C(F)(F)C(F)(F)F. The van der Waals surface area contributed by atoms with Crippen LogP contribution in [0.3, 0.4) is 0 Å². The maximum atomic E-state index is 12.7. The highest BCUT2D eigenvalue weighted by Crippen LogP contribution is 2.60. The van der Waals surface area contributed by atoms with E-state index in [2.05, 4.69) is 90.1 Å². The van der Waals surface area contributed by atoms with Crippen molar-refractivity contribution in [2.24, 2.45) is 0 Å². The number of alkyl halides is 13. The minimum Gasteiger partial charge on any atom is -0.743 e. The third kappa shape index (κ3) is 7.93. The molecule has 0 bridgehead atoms. The molecule has 0 aliphatic rings. The second-order valence-electron chi connectivity index (χ2n) is 11.4. The van der Waals surface area contributed by atoms with E-state index in [1.165, 1.54) is 18.3 Å². The van der Waals surface area contributed by atoms with E-state index in [9.17, 15) is 70.0 Å². The molecule has 0 aliphatic heterocycles. The van der Waals surface area contributed by atoms with Crippen LogP contribution in [-0.2, 0) is 20.9 Å². The molecule has 2 rings (SSSR count). The second kappa shape index (κ2) is 12.4. The van der Waals surface area contributed by atoms with E-state index < -0.39 is 45.2 Å². The van der Waals surface area contributed by atoms with Crippen molar-refractivity contribution in [3.8, 4) is 0 Å². The molecule has 0 aliphatic carbocycles. The Morgan fingerprint density at radius 2 is 0.773 bits per heavy atom. The van der Waals surface area contributed by atoms with Crippen molar-refractivity contribution in [2.45, 2.75) is 87.5 Å². The van der Waals surface area contributed by atoms with Crippen molar-refractivity contribution in [3.63, 3.8) is 0 Å². The van der Waals surface area contributed by atoms with Gasteiger partial charge in [-0.05, 0) is 46.2 Å². The first-order chi connectivity index (χ1) is 19.2. The molecule has 0 fully saturated rings. The molecular formula is C26H26F13IO3S. The molecule has 0 N–H and O–H groups in total. The molecule has 0 heterocycles. The summed E-state index contributed by atoms with van der Waals surface area (Å²) in [6.45, 7) is 13.6. The van der Waals surface area contributed by atoms with E-state index in [1.807, 2.05) is 0 Å². The summed E-state index contributed by atoms with van der Waals surface area (Å²) in [6, 6.07) is 18.4. The van der Waals surface area contributed by atoms with Gasteiger partial charge in [-0.2, -0.15) is 57.1 Å². The predicted octanol–water partition coefficient (Wildman–Crippen LogP) is 5.64. The van der Waals surface area contributed by atoms with E-state index >= 15 is 0 Å². The fraction of sp³-hybridized carbons (Fsp3) is 0.538. The van der Waals surface area contributed by atoms with Gasteiger partial charge in [0.25, 0.3) is 0 Å². The lowest BCUT2D eigenvalue weighted by molar-refractivity contribution is -0.597. The van der Waals surface area contributed by atoms with Crippen LogP contribution in [0.4, 0.5) is 57.1 Å². The molecule has 3 nitrogen and oxygen atoms in total. The van der Waals surface area contributed by atoms with Crippen LogP contribution >= 0.6 is 0 Å². The molecule has 252 valence electrons. The summed E-state index contributed by atoms with van der Waals surface area (Å²) >= 11 is -0.0703. The molecular weight excluding hydrogens is 766 g/mol. The predicted molar refractivity (Wildman–Crippen MR) is 128 cm³/mol. The fourth-order valence-corrected chi connectivity index (χ4v) is 5.66. The van der Waals surface area contributed by atoms with Crippen LogP contribution in [0.2, 0.25) is 0 Å². The average Bonchev–Trinajstić information content (AvgIpc) is 2.82. The van der Waals surface area contributed by atoms with Crippen LogP contribution in [0.1, 0.15) is 52.7 Å². The molecule has 2 aromatic rings. The Labute approximate surface area is 255 Å². The van der Waals surface area contributed by atoms with Gasteiger partial charge in [-0.3, -0.25) is 0 Å². The van der Waals surface area contributed by atoms with Gasteiger partial charge in [0.1, 0.15) is 0 Å². The smallest absolute Gasteiger partial charge is 0.460 e. The topological polar surface area (TPSA) is 57.2 Å². The third-order valence-electron chi connectivity index (χ3n) is 5.86. The van der Waals surface area contributed by atoms with Crippen molar-refractivity contribution in [1.82, 2.24) is 0 Å². The van der Waals surface area contributed by atoms with Crippen LogP contribution in [-0.4, -0.2) is 48.1 Å². The van der Waals surface area contributed by atoms with Crippen molar-refractivity contribution >= 4 is 10.1 Å².